The summed E-state index contributed by atoms with van der Waals surface area (Å²) in [6.45, 7) is 1.68. The van der Waals surface area contributed by atoms with Crippen LogP contribution in [0.15, 0.2) is 70.2 Å². The lowest BCUT2D eigenvalue weighted by Crippen LogP contribution is -2.33. The van der Waals surface area contributed by atoms with Crippen LogP contribution in [0.3, 0.4) is 0 Å². The molecule has 156 valence electrons. The number of para-hydroxylation sites is 2. The Bertz CT molecular complexity index is 1170. The zero-order chi connectivity index (χ0) is 21.7. The highest BCUT2D eigenvalue weighted by molar-refractivity contribution is 7.92. The Morgan fingerprint density at radius 3 is 2.57 bits per heavy atom. The minimum Gasteiger partial charge on any atom is -0.495 e. The number of aryl methyl sites for hydroxylation is 1. The van der Waals surface area contributed by atoms with E-state index in [1.165, 1.54) is 25.5 Å². The van der Waals surface area contributed by atoms with Crippen LogP contribution in [-0.2, 0) is 10.0 Å². The number of rotatable bonds is 6. The molecule has 1 amide bonds. The molecule has 3 rings (SSSR count). The number of benzene rings is 2. The number of hydrogen-bond donors (Lipinski definition) is 3. The first-order valence-corrected chi connectivity index (χ1v) is 10.6. The molecule has 2 aromatic carbocycles. The standard InChI is InChI=1S/C20H19N3O5S2/c1-13-9-10-14(21-20(29)22-19(24)17-8-5-11-28-17)12-18(13)30(25,26)23-15-6-3-4-7-16(15)27-2/h3-12,23H,1-2H3,(H2,21,22,24,29). The van der Waals surface area contributed by atoms with Crippen molar-refractivity contribution < 1.29 is 22.4 Å². The number of hydrogen-bond acceptors (Lipinski definition) is 6. The molecular formula is C20H19N3O5S2. The lowest BCUT2D eigenvalue weighted by molar-refractivity contribution is 0.0950. The first-order chi connectivity index (χ1) is 14.3. The summed E-state index contributed by atoms with van der Waals surface area (Å²) in [5.41, 5.74) is 1.25. The van der Waals surface area contributed by atoms with E-state index in [0.29, 0.717) is 22.7 Å². The number of sulfonamides is 1. The number of amides is 1. The molecule has 0 unspecified atom stereocenters. The van der Waals surface area contributed by atoms with Crippen LogP contribution in [0, 0.1) is 6.92 Å². The van der Waals surface area contributed by atoms with Crippen LogP contribution in [0.2, 0.25) is 0 Å². The van der Waals surface area contributed by atoms with Gasteiger partial charge in [-0.2, -0.15) is 0 Å². The van der Waals surface area contributed by atoms with Crippen molar-refractivity contribution in [3.63, 3.8) is 0 Å². The molecule has 0 saturated carbocycles. The van der Waals surface area contributed by atoms with Crippen molar-refractivity contribution in [2.24, 2.45) is 0 Å². The molecule has 0 fully saturated rings. The van der Waals surface area contributed by atoms with Crippen molar-refractivity contribution in [2.75, 3.05) is 17.1 Å². The molecule has 0 aliphatic carbocycles. The summed E-state index contributed by atoms with van der Waals surface area (Å²) < 4.78 is 38.6. The number of thiocarbonyl (C=S) groups is 1. The number of furan rings is 1. The molecule has 8 nitrogen and oxygen atoms in total. The van der Waals surface area contributed by atoms with E-state index in [2.05, 4.69) is 15.4 Å². The van der Waals surface area contributed by atoms with E-state index < -0.39 is 15.9 Å². The number of carbonyl (C=O) groups is 1. The summed E-state index contributed by atoms with van der Waals surface area (Å²) in [6.07, 6.45) is 1.37. The monoisotopic (exact) mass is 445 g/mol. The van der Waals surface area contributed by atoms with E-state index in [1.807, 2.05) is 0 Å². The van der Waals surface area contributed by atoms with Crippen LogP contribution < -0.4 is 20.1 Å². The normalized spacial score (nSPS) is 10.9. The molecule has 0 bridgehead atoms. The Labute approximate surface area is 179 Å². The van der Waals surface area contributed by atoms with Gasteiger partial charge < -0.3 is 14.5 Å². The highest BCUT2D eigenvalue weighted by Gasteiger charge is 2.20. The maximum Gasteiger partial charge on any atom is 0.293 e. The molecule has 3 N–H and O–H groups in total. The average Bonchev–Trinajstić information content (AvgIpc) is 3.24. The lowest BCUT2D eigenvalue weighted by atomic mass is 10.2. The van der Waals surface area contributed by atoms with Crippen molar-refractivity contribution in [1.29, 1.82) is 0 Å². The number of ether oxygens (including phenoxy) is 1. The van der Waals surface area contributed by atoms with Gasteiger partial charge in [-0.05, 0) is 61.1 Å². The van der Waals surface area contributed by atoms with Crippen LogP contribution in [-0.4, -0.2) is 26.5 Å². The van der Waals surface area contributed by atoms with E-state index in [0.717, 1.165) is 0 Å². The van der Waals surface area contributed by atoms with Gasteiger partial charge >= 0.3 is 0 Å². The highest BCUT2D eigenvalue weighted by Crippen LogP contribution is 2.28. The molecule has 0 saturated heterocycles. The fourth-order valence-electron chi connectivity index (χ4n) is 2.63. The van der Waals surface area contributed by atoms with E-state index in [1.54, 1.807) is 49.4 Å². The van der Waals surface area contributed by atoms with Crippen molar-refractivity contribution >= 4 is 44.6 Å². The van der Waals surface area contributed by atoms with Gasteiger partial charge in [-0.15, -0.1) is 0 Å². The minimum absolute atomic E-state index is 0.00119. The second kappa shape index (κ2) is 8.97. The molecule has 1 aromatic heterocycles. The van der Waals surface area contributed by atoms with Gasteiger partial charge in [0.2, 0.25) is 0 Å². The largest absolute Gasteiger partial charge is 0.495 e. The third-order valence-corrected chi connectivity index (χ3v) is 5.77. The number of anilines is 2. The van der Waals surface area contributed by atoms with E-state index in [-0.39, 0.29) is 15.8 Å². The second-order valence-corrected chi connectivity index (χ2v) is 8.23. The fraction of sp³-hybridized carbons (Fsp3) is 0.100. The Balaban J connectivity index is 1.79. The first kappa shape index (κ1) is 21.3. The number of nitrogens with one attached hydrogen (secondary N) is 3. The number of carbonyl (C=O) groups excluding carboxylic acids is 1. The molecule has 0 aliphatic rings. The molecule has 0 radical (unpaired) electrons. The molecule has 3 aromatic rings. The zero-order valence-electron chi connectivity index (χ0n) is 16.1. The SMILES string of the molecule is COc1ccccc1NS(=O)(=O)c1cc(NC(=S)NC(=O)c2ccco2)ccc1C. The number of methoxy groups -OCH3 is 1. The molecule has 30 heavy (non-hydrogen) atoms. The van der Waals surface area contributed by atoms with Gasteiger partial charge in [0.15, 0.2) is 10.9 Å². The summed E-state index contributed by atoms with van der Waals surface area (Å²) in [5, 5.41) is 5.27. The van der Waals surface area contributed by atoms with Crippen molar-refractivity contribution in [2.45, 2.75) is 11.8 Å². The Hall–Kier alpha value is -3.37. The summed E-state index contributed by atoms with van der Waals surface area (Å²) in [6, 6.07) is 14.5. The van der Waals surface area contributed by atoms with Crippen molar-refractivity contribution in [3.8, 4) is 5.75 Å². The Kier molecular flexibility index (Phi) is 6.38. The van der Waals surface area contributed by atoms with Gasteiger partial charge in [0.25, 0.3) is 15.9 Å². The second-order valence-electron chi connectivity index (χ2n) is 6.17. The van der Waals surface area contributed by atoms with Crippen LogP contribution in [0.1, 0.15) is 16.1 Å². The topological polar surface area (TPSA) is 110 Å². The predicted molar refractivity (Wildman–Crippen MR) is 117 cm³/mol. The van der Waals surface area contributed by atoms with Gasteiger partial charge in [0, 0.05) is 5.69 Å². The maximum absolute atomic E-state index is 13.0. The molecule has 0 aliphatic heterocycles. The lowest BCUT2D eigenvalue weighted by Gasteiger charge is -2.15. The smallest absolute Gasteiger partial charge is 0.293 e. The maximum atomic E-state index is 13.0. The zero-order valence-corrected chi connectivity index (χ0v) is 17.8. The van der Waals surface area contributed by atoms with Gasteiger partial charge in [-0.25, -0.2) is 8.42 Å². The van der Waals surface area contributed by atoms with Crippen LogP contribution >= 0.6 is 12.2 Å². The molecule has 0 spiro atoms. The Morgan fingerprint density at radius 2 is 1.87 bits per heavy atom. The molecular weight excluding hydrogens is 426 g/mol. The van der Waals surface area contributed by atoms with Gasteiger partial charge in [-0.1, -0.05) is 18.2 Å². The summed E-state index contributed by atoms with van der Waals surface area (Å²) in [4.78, 5) is 12.1. The molecule has 10 heteroatoms. The summed E-state index contributed by atoms with van der Waals surface area (Å²) >= 11 is 5.13. The van der Waals surface area contributed by atoms with Crippen LogP contribution in [0.4, 0.5) is 11.4 Å². The fourth-order valence-corrected chi connectivity index (χ4v) is 4.18. The van der Waals surface area contributed by atoms with Gasteiger partial charge in [-0.3, -0.25) is 14.8 Å². The van der Waals surface area contributed by atoms with Gasteiger partial charge in [0.1, 0.15) is 5.75 Å². The minimum atomic E-state index is -3.91. The van der Waals surface area contributed by atoms with E-state index >= 15 is 0 Å². The highest BCUT2D eigenvalue weighted by atomic mass is 32.2. The van der Waals surface area contributed by atoms with Crippen molar-refractivity contribution in [1.82, 2.24) is 5.32 Å². The van der Waals surface area contributed by atoms with Gasteiger partial charge in [0.05, 0.1) is 24.0 Å². The van der Waals surface area contributed by atoms with E-state index in [9.17, 15) is 13.2 Å². The Morgan fingerprint density at radius 1 is 1.10 bits per heavy atom. The molecule has 1 heterocycles. The van der Waals surface area contributed by atoms with Crippen LogP contribution in [0.25, 0.3) is 0 Å². The van der Waals surface area contributed by atoms with Crippen molar-refractivity contribution in [3.05, 3.63) is 72.2 Å². The van der Waals surface area contributed by atoms with E-state index in [4.69, 9.17) is 21.4 Å². The third kappa shape index (κ3) is 4.97. The quantitative estimate of drug-likeness (QED) is 0.498. The predicted octanol–water partition coefficient (Wildman–Crippen LogP) is 3.52. The van der Waals surface area contributed by atoms with Crippen LogP contribution in [0.5, 0.6) is 5.75 Å². The first-order valence-electron chi connectivity index (χ1n) is 8.72. The molecule has 0 atom stereocenters. The third-order valence-electron chi connectivity index (χ3n) is 4.06. The summed E-state index contributed by atoms with van der Waals surface area (Å²) in [7, 11) is -2.45. The summed E-state index contributed by atoms with van der Waals surface area (Å²) in [5.74, 6) is -0.0162. The average molecular weight is 446 g/mol.